The van der Waals surface area contributed by atoms with E-state index < -0.39 is 0 Å². The highest BCUT2D eigenvalue weighted by Crippen LogP contribution is 2.14. The van der Waals surface area contributed by atoms with Crippen molar-refractivity contribution in [3.63, 3.8) is 0 Å². The highest BCUT2D eigenvalue weighted by molar-refractivity contribution is 7.99. The number of hydrogen-bond donors (Lipinski definition) is 0. The monoisotopic (exact) mass is 208 g/mol. The van der Waals surface area contributed by atoms with E-state index in [1.165, 1.54) is 43.6 Å². The largest absolute Gasteiger partial charge is 0.162 e. The highest BCUT2D eigenvalue weighted by atomic mass is 35.5. The fourth-order valence-corrected chi connectivity index (χ4v) is 2.24. The third kappa shape index (κ3) is 8.73. The minimum Gasteiger partial charge on any atom is -0.162 e. The lowest BCUT2D eigenvalue weighted by molar-refractivity contribution is 0.635. The fourth-order valence-electron chi connectivity index (χ4n) is 1.17. The average Bonchev–Trinajstić information content (AvgIpc) is 2.05. The molecule has 1 atom stereocenters. The zero-order valence-electron chi connectivity index (χ0n) is 8.31. The number of unbranched alkanes of at least 4 members (excludes halogenated alkanes) is 1. The summed E-state index contributed by atoms with van der Waals surface area (Å²) in [5, 5.41) is 0.432. The van der Waals surface area contributed by atoms with Crippen LogP contribution in [-0.2, 0) is 0 Å². The second kappa shape index (κ2) is 9.73. The van der Waals surface area contributed by atoms with Gasteiger partial charge in [-0.25, -0.2) is 0 Å². The van der Waals surface area contributed by atoms with Gasteiger partial charge in [0, 0.05) is 5.38 Å². The summed E-state index contributed by atoms with van der Waals surface area (Å²) < 4.78 is 0. The van der Waals surface area contributed by atoms with Crippen LogP contribution in [0.2, 0.25) is 0 Å². The maximum absolute atomic E-state index is 6.09. The van der Waals surface area contributed by atoms with E-state index in [-0.39, 0.29) is 0 Å². The molecule has 74 valence electrons. The standard InChI is InChI=1S/C10H21ClS/c1-3-7-10(11)8-5-6-9-12-4-2/h10H,3-9H2,1-2H3. The minimum absolute atomic E-state index is 0.432. The molecular formula is C10H21ClS. The highest BCUT2D eigenvalue weighted by Gasteiger charge is 2.01. The Morgan fingerprint density at radius 2 is 1.92 bits per heavy atom. The van der Waals surface area contributed by atoms with Crippen LogP contribution in [-0.4, -0.2) is 16.9 Å². The molecule has 0 aromatic rings. The molecule has 2 heteroatoms. The minimum atomic E-state index is 0.432. The van der Waals surface area contributed by atoms with Gasteiger partial charge in [-0.15, -0.1) is 11.6 Å². The van der Waals surface area contributed by atoms with E-state index in [0.717, 1.165) is 0 Å². The first-order valence-electron chi connectivity index (χ1n) is 5.03. The normalized spacial score (nSPS) is 13.2. The molecular weight excluding hydrogens is 188 g/mol. The Morgan fingerprint density at radius 1 is 1.17 bits per heavy atom. The Balaban J connectivity index is 2.97. The van der Waals surface area contributed by atoms with Crippen LogP contribution in [0, 0.1) is 0 Å². The summed E-state index contributed by atoms with van der Waals surface area (Å²) in [7, 11) is 0. The molecule has 0 aliphatic rings. The molecule has 0 N–H and O–H groups in total. The van der Waals surface area contributed by atoms with Gasteiger partial charge in [-0.3, -0.25) is 0 Å². The smallest absolute Gasteiger partial charge is 0.0336 e. The first-order chi connectivity index (χ1) is 5.81. The first kappa shape index (κ1) is 12.6. The number of halogens is 1. The molecule has 0 rings (SSSR count). The zero-order chi connectivity index (χ0) is 9.23. The van der Waals surface area contributed by atoms with Gasteiger partial charge in [0.05, 0.1) is 0 Å². The van der Waals surface area contributed by atoms with Crippen LogP contribution in [0.25, 0.3) is 0 Å². The first-order valence-corrected chi connectivity index (χ1v) is 6.62. The third-order valence-electron chi connectivity index (χ3n) is 1.86. The number of alkyl halides is 1. The predicted molar refractivity (Wildman–Crippen MR) is 61.4 cm³/mol. The molecule has 1 unspecified atom stereocenters. The second-order valence-electron chi connectivity index (χ2n) is 3.08. The summed E-state index contributed by atoms with van der Waals surface area (Å²) >= 11 is 8.12. The molecule has 0 bridgehead atoms. The summed E-state index contributed by atoms with van der Waals surface area (Å²) in [5.41, 5.74) is 0. The van der Waals surface area contributed by atoms with Crippen molar-refractivity contribution in [1.29, 1.82) is 0 Å². The lowest BCUT2D eigenvalue weighted by atomic mass is 10.1. The summed E-state index contributed by atoms with van der Waals surface area (Å²) in [6.07, 6.45) is 6.26. The summed E-state index contributed by atoms with van der Waals surface area (Å²) in [6.45, 7) is 4.41. The van der Waals surface area contributed by atoms with Gasteiger partial charge in [0.25, 0.3) is 0 Å². The van der Waals surface area contributed by atoms with Crippen molar-refractivity contribution in [2.75, 3.05) is 11.5 Å². The van der Waals surface area contributed by atoms with Crippen LogP contribution >= 0.6 is 23.4 Å². The van der Waals surface area contributed by atoms with Crippen molar-refractivity contribution in [2.45, 2.75) is 51.3 Å². The van der Waals surface area contributed by atoms with E-state index in [1.807, 2.05) is 11.8 Å². The van der Waals surface area contributed by atoms with Crippen molar-refractivity contribution in [2.24, 2.45) is 0 Å². The van der Waals surface area contributed by atoms with Crippen LogP contribution < -0.4 is 0 Å². The molecule has 0 spiro atoms. The molecule has 0 fully saturated rings. The van der Waals surface area contributed by atoms with Crippen LogP contribution in [0.4, 0.5) is 0 Å². The van der Waals surface area contributed by atoms with E-state index >= 15 is 0 Å². The lowest BCUT2D eigenvalue weighted by Crippen LogP contribution is -1.97. The van der Waals surface area contributed by atoms with Gasteiger partial charge < -0.3 is 0 Å². The van der Waals surface area contributed by atoms with Crippen molar-refractivity contribution < 1.29 is 0 Å². The van der Waals surface area contributed by atoms with Crippen LogP contribution in [0.1, 0.15) is 46.0 Å². The summed E-state index contributed by atoms with van der Waals surface area (Å²) in [6, 6.07) is 0. The molecule has 12 heavy (non-hydrogen) atoms. The Bertz CT molecular complexity index is 85.9. The zero-order valence-corrected chi connectivity index (χ0v) is 9.89. The van der Waals surface area contributed by atoms with Crippen molar-refractivity contribution in [3.05, 3.63) is 0 Å². The molecule has 0 aromatic heterocycles. The lowest BCUT2D eigenvalue weighted by Gasteiger charge is -2.06. The maximum Gasteiger partial charge on any atom is 0.0336 e. The van der Waals surface area contributed by atoms with Crippen LogP contribution in [0.15, 0.2) is 0 Å². The molecule has 0 aliphatic carbocycles. The van der Waals surface area contributed by atoms with Gasteiger partial charge in [-0.05, 0) is 30.8 Å². The number of rotatable bonds is 8. The molecule has 0 heterocycles. The molecule has 0 saturated heterocycles. The number of thioether (sulfide) groups is 1. The van der Waals surface area contributed by atoms with Crippen LogP contribution in [0.3, 0.4) is 0 Å². The SMILES string of the molecule is CCCC(Cl)CCCCSCC. The fraction of sp³-hybridized carbons (Fsp3) is 1.00. The summed E-state index contributed by atoms with van der Waals surface area (Å²) in [5.74, 6) is 2.56. The van der Waals surface area contributed by atoms with Gasteiger partial charge in [-0.2, -0.15) is 11.8 Å². The third-order valence-corrected chi connectivity index (χ3v) is 3.28. The molecule has 0 aliphatic heterocycles. The molecule has 0 amide bonds. The van der Waals surface area contributed by atoms with E-state index in [4.69, 9.17) is 11.6 Å². The molecule has 0 saturated carbocycles. The van der Waals surface area contributed by atoms with E-state index in [1.54, 1.807) is 0 Å². The Morgan fingerprint density at radius 3 is 2.50 bits per heavy atom. The average molecular weight is 209 g/mol. The molecule has 0 aromatic carbocycles. The topological polar surface area (TPSA) is 0 Å². The van der Waals surface area contributed by atoms with Crippen molar-refractivity contribution in [3.8, 4) is 0 Å². The Labute approximate surface area is 86.5 Å². The second-order valence-corrected chi connectivity index (χ2v) is 5.09. The van der Waals surface area contributed by atoms with Crippen LogP contribution in [0.5, 0.6) is 0 Å². The summed E-state index contributed by atoms with van der Waals surface area (Å²) in [4.78, 5) is 0. The number of hydrogen-bond acceptors (Lipinski definition) is 1. The van der Waals surface area contributed by atoms with Gasteiger partial charge in [0.15, 0.2) is 0 Å². The van der Waals surface area contributed by atoms with Gasteiger partial charge in [-0.1, -0.05) is 26.7 Å². The molecule has 0 nitrogen and oxygen atoms in total. The Hall–Kier alpha value is 0.640. The van der Waals surface area contributed by atoms with Crippen molar-refractivity contribution in [1.82, 2.24) is 0 Å². The van der Waals surface area contributed by atoms with E-state index in [2.05, 4.69) is 13.8 Å². The Kier molecular flexibility index (Phi) is 10.2. The quantitative estimate of drug-likeness (QED) is 0.423. The predicted octanol–water partition coefficient (Wildman–Crippen LogP) is 4.32. The van der Waals surface area contributed by atoms with E-state index in [9.17, 15) is 0 Å². The van der Waals surface area contributed by atoms with Crippen molar-refractivity contribution >= 4 is 23.4 Å². The maximum atomic E-state index is 6.09. The van der Waals surface area contributed by atoms with Gasteiger partial charge in [0.2, 0.25) is 0 Å². The van der Waals surface area contributed by atoms with E-state index in [0.29, 0.717) is 5.38 Å². The van der Waals surface area contributed by atoms with Gasteiger partial charge >= 0.3 is 0 Å². The van der Waals surface area contributed by atoms with Gasteiger partial charge in [0.1, 0.15) is 0 Å². The molecule has 0 radical (unpaired) electrons.